The minimum Gasteiger partial charge on any atom is -0.480 e. The van der Waals surface area contributed by atoms with Gasteiger partial charge in [0.15, 0.2) is 0 Å². The van der Waals surface area contributed by atoms with Gasteiger partial charge in [0.05, 0.1) is 0 Å². The van der Waals surface area contributed by atoms with Crippen LogP contribution >= 0.6 is 0 Å². The topological polar surface area (TPSA) is 125 Å². The van der Waals surface area contributed by atoms with E-state index in [0.29, 0.717) is 13.0 Å². The van der Waals surface area contributed by atoms with Crippen molar-refractivity contribution in [2.75, 3.05) is 19.8 Å². The number of alkyl carbamates (subject to hydrolysis) is 1. The zero-order valence-corrected chi connectivity index (χ0v) is 18.6. The summed E-state index contributed by atoms with van der Waals surface area (Å²) in [6.07, 6.45) is 0.0472. The van der Waals surface area contributed by atoms with Crippen molar-refractivity contribution in [3.8, 4) is 11.1 Å². The standard InChI is InChI=1S/C25H30N2O6/c1-16(10-11-23(29)27-22(12-13-28)24(30)31)14-26-25(32)33-15-21-19-8-4-2-6-17(19)18-7-3-5-9-20(18)21/h2-9,16,21-22,28H,10-15H2,1H3,(H,26,32)(H,27,29)(H,30,31)/t16?,22-/m0/s1. The van der Waals surface area contributed by atoms with E-state index in [9.17, 15) is 14.4 Å². The van der Waals surface area contributed by atoms with Crippen LogP contribution in [0.3, 0.4) is 0 Å². The second-order valence-corrected chi connectivity index (χ2v) is 8.32. The molecule has 1 unspecified atom stereocenters. The van der Waals surface area contributed by atoms with E-state index in [1.54, 1.807) is 0 Å². The number of carbonyl (C=O) groups is 3. The maximum atomic E-state index is 12.3. The van der Waals surface area contributed by atoms with Crippen molar-refractivity contribution in [3.63, 3.8) is 0 Å². The molecule has 3 rings (SSSR count). The maximum Gasteiger partial charge on any atom is 0.407 e. The molecule has 0 radical (unpaired) electrons. The maximum absolute atomic E-state index is 12.3. The van der Waals surface area contributed by atoms with Gasteiger partial charge in [0.25, 0.3) is 0 Å². The van der Waals surface area contributed by atoms with Crippen LogP contribution in [0.2, 0.25) is 0 Å². The molecular formula is C25H30N2O6. The Morgan fingerprint density at radius 2 is 1.61 bits per heavy atom. The molecule has 1 aliphatic carbocycles. The number of carbonyl (C=O) groups excluding carboxylic acids is 2. The van der Waals surface area contributed by atoms with Gasteiger partial charge in [-0.15, -0.1) is 0 Å². The lowest BCUT2D eigenvalue weighted by molar-refractivity contribution is -0.142. The zero-order valence-electron chi connectivity index (χ0n) is 18.6. The van der Waals surface area contributed by atoms with Crippen LogP contribution in [0.4, 0.5) is 4.79 Å². The van der Waals surface area contributed by atoms with E-state index < -0.39 is 24.0 Å². The van der Waals surface area contributed by atoms with Crippen LogP contribution in [0.1, 0.15) is 43.2 Å². The van der Waals surface area contributed by atoms with Gasteiger partial charge >= 0.3 is 12.1 Å². The molecule has 2 aromatic carbocycles. The number of rotatable bonds is 11. The quantitative estimate of drug-likeness (QED) is 0.414. The third-order valence-electron chi connectivity index (χ3n) is 5.85. The Balaban J connectivity index is 1.42. The van der Waals surface area contributed by atoms with Gasteiger partial charge in [-0.3, -0.25) is 4.79 Å². The number of carboxylic acid groups (broad SMARTS) is 1. The molecule has 1 aliphatic rings. The van der Waals surface area contributed by atoms with Crippen molar-refractivity contribution in [1.82, 2.24) is 10.6 Å². The van der Waals surface area contributed by atoms with E-state index in [2.05, 4.69) is 34.9 Å². The largest absolute Gasteiger partial charge is 0.480 e. The van der Waals surface area contributed by atoms with Crippen LogP contribution in [0.15, 0.2) is 48.5 Å². The predicted octanol–water partition coefficient (Wildman–Crippen LogP) is 2.89. The molecule has 8 heteroatoms. The third kappa shape index (κ3) is 6.32. The van der Waals surface area contributed by atoms with Gasteiger partial charge < -0.3 is 25.6 Å². The summed E-state index contributed by atoms with van der Waals surface area (Å²) in [6.45, 7) is 2.14. The van der Waals surface area contributed by atoms with Crippen LogP contribution in [0.25, 0.3) is 11.1 Å². The highest BCUT2D eigenvalue weighted by Gasteiger charge is 2.29. The Morgan fingerprint density at radius 1 is 1.00 bits per heavy atom. The first-order valence-electron chi connectivity index (χ1n) is 11.1. The van der Waals surface area contributed by atoms with E-state index in [4.69, 9.17) is 14.9 Å². The Labute approximate surface area is 193 Å². The zero-order chi connectivity index (χ0) is 23.8. The monoisotopic (exact) mass is 454 g/mol. The lowest BCUT2D eigenvalue weighted by atomic mass is 9.98. The highest BCUT2D eigenvalue weighted by atomic mass is 16.5. The lowest BCUT2D eigenvalue weighted by Gasteiger charge is -2.17. The molecule has 0 aromatic heterocycles. The number of fused-ring (bicyclic) bond motifs is 3. The molecule has 0 saturated heterocycles. The summed E-state index contributed by atoms with van der Waals surface area (Å²) < 4.78 is 5.50. The molecule has 0 heterocycles. The van der Waals surface area contributed by atoms with E-state index in [0.717, 1.165) is 22.3 Å². The van der Waals surface area contributed by atoms with E-state index in [1.807, 2.05) is 31.2 Å². The summed E-state index contributed by atoms with van der Waals surface area (Å²) in [7, 11) is 0. The first-order valence-corrected chi connectivity index (χ1v) is 11.1. The minimum atomic E-state index is -1.18. The predicted molar refractivity (Wildman–Crippen MR) is 123 cm³/mol. The average molecular weight is 455 g/mol. The summed E-state index contributed by atoms with van der Waals surface area (Å²) in [4.78, 5) is 35.3. The van der Waals surface area contributed by atoms with Crippen LogP contribution in [0, 0.1) is 5.92 Å². The third-order valence-corrected chi connectivity index (χ3v) is 5.85. The van der Waals surface area contributed by atoms with Gasteiger partial charge in [0.1, 0.15) is 12.6 Å². The summed E-state index contributed by atoms with van der Waals surface area (Å²) in [5, 5.41) is 23.0. The molecule has 0 fully saturated rings. The highest BCUT2D eigenvalue weighted by Crippen LogP contribution is 2.44. The Bertz CT molecular complexity index is 947. The average Bonchev–Trinajstić information content (AvgIpc) is 3.13. The number of aliphatic carboxylic acids is 1. The number of hydrogen-bond acceptors (Lipinski definition) is 5. The second-order valence-electron chi connectivity index (χ2n) is 8.32. The molecule has 2 atom stereocenters. The number of nitrogens with one attached hydrogen (secondary N) is 2. The lowest BCUT2D eigenvalue weighted by Crippen LogP contribution is -2.41. The number of aliphatic hydroxyl groups excluding tert-OH is 1. The van der Waals surface area contributed by atoms with E-state index in [1.165, 1.54) is 0 Å². The van der Waals surface area contributed by atoms with Crippen LogP contribution < -0.4 is 10.6 Å². The fraction of sp³-hybridized carbons (Fsp3) is 0.400. The summed E-state index contributed by atoms with van der Waals surface area (Å²) in [6, 6.07) is 15.1. The highest BCUT2D eigenvalue weighted by molar-refractivity contribution is 5.83. The van der Waals surface area contributed by atoms with Crippen molar-refractivity contribution in [1.29, 1.82) is 0 Å². The Morgan fingerprint density at radius 3 is 2.18 bits per heavy atom. The van der Waals surface area contributed by atoms with Crippen molar-refractivity contribution in [2.24, 2.45) is 5.92 Å². The summed E-state index contributed by atoms with van der Waals surface area (Å²) >= 11 is 0. The van der Waals surface area contributed by atoms with Gasteiger partial charge in [0.2, 0.25) is 5.91 Å². The number of carboxylic acids is 1. The van der Waals surface area contributed by atoms with Gasteiger partial charge in [-0.2, -0.15) is 0 Å². The van der Waals surface area contributed by atoms with Gasteiger partial charge in [-0.05, 0) is 34.6 Å². The van der Waals surface area contributed by atoms with Crippen LogP contribution in [0.5, 0.6) is 0 Å². The molecule has 4 N–H and O–H groups in total. The van der Waals surface area contributed by atoms with E-state index >= 15 is 0 Å². The molecule has 8 nitrogen and oxygen atoms in total. The number of amides is 2. The van der Waals surface area contributed by atoms with Crippen molar-refractivity contribution in [3.05, 3.63) is 59.7 Å². The summed E-state index contributed by atoms with van der Waals surface area (Å²) in [5.41, 5.74) is 4.62. The van der Waals surface area contributed by atoms with Crippen LogP contribution in [-0.4, -0.2) is 54.0 Å². The molecule has 33 heavy (non-hydrogen) atoms. The Hall–Kier alpha value is -3.39. The number of benzene rings is 2. The van der Waals surface area contributed by atoms with Crippen molar-refractivity contribution in [2.45, 2.75) is 38.1 Å². The molecule has 0 saturated carbocycles. The molecular weight excluding hydrogens is 424 g/mol. The number of aliphatic hydroxyl groups is 1. The fourth-order valence-electron chi connectivity index (χ4n) is 4.04. The molecule has 0 bridgehead atoms. The minimum absolute atomic E-state index is 0.00245. The number of ether oxygens (including phenoxy) is 1. The molecule has 2 aromatic rings. The first-order chi connectivity index (χ1) is 15.9. The van der Waals surface area contributed by atoms with Crippen molar-refractivity contribution >= 4 is 18.0 Å². The van der Waals surface area contributed by atoms with Gasteiger partial charge in [0, 0.05) is 31.9 Å². The SMILES string of the molecule is CC(CCC(=O)N[C@@H](CCO)C(=O)O)CNC(=O)OCC1c2ccccc2-c2ccccc21. The molecule has 0 aliphatic heterocycles. The van der Waals surface area contributed by atoms with Crippen LogP contribution in [-0.2, 0) is 14.3 Å². The first kappa shape index (κ1) is 24.3. The Kier molecular flexibility index (Phi) is 8.43. The van der Waals surface area contributed by atoms with Gasteiger partial charge in [-0.1, -0.05) is 55.5 Å². The molecule has 176 valence electrons. The van der Waals surface area contributed by atoms with Crippen molar-refractivity contribution < 1.29 is 29.3 Å². The number of hydrogen-bond donors (Lipinski definition) is 4. The van der Waals surface area contributed by atoms with Gasteiger partial charge in [-0.25, -0.2) is 9.59 Å². The van der Waals surface area contributed by atoms with E-state index in [-0.39, 0.29) is 37.9 Å². The normalized spacial score (nSPS) is 14.0. The second kappa shape index (κ2) is 11.5. The summed E-state index contributed by atoms with van der Waals surface area (Å²) in [5.74, 6) is -1.59. The fourth-order valence-corrected chi connectivity index (χ4v) is 4.04. The molecule has 2 amide bonds. The molecule has 0 spiro atoms. The smallest absolute Gasteiger partial charge is 0.407 e.